The Morgan fingerprint density at radius 3 is 2.56 bits per heavy atom. The number of nitrogens with one attached hydrogen (secondary N) is 1. The minimum atomic E-state index is -3.42. The fourth-order valence-corrected chi connectivity index (χ4v) is 6.40. The quantitative estimate of drug-likeness (QED) is 0.828. The molecule has 1 N–H and O–H groups in total. The Morgan fingerprint density at radius 1 is 1.22 bits per heavy atom. The third kappa shape index (κ3) is 3.70. The highest BCUT2D eigenvalue weighted by molar-refractivity contribution is 7.91. The van der Waals surface area contributed by atoms with Crippen LogP contribution in [0.5, 0.6) is 5.88 Å². The summed E-state index contributed by atoms with van der Waals surface area (Å²) >= 11 is 0. The normalized spacial score (nSPS) is 26.1. The fourth-order valence-electron chi connectivity index (χ4n) is 4.57. The standard InChI is InChI=1S/C18H25N5O3S/c1-12-18(13(2)22-21-12)27(24,25)11-23-9-14-4-3-5-15(10-23)17(14)26-16-8-19-6-7-20-16/h6-8,14-15,17H,3-5,9-11H2,1-2H3,(H,21,22)/t14-,15+,17-. The number of hydrogen-bond acceptors (Lipinski definition) is 7. The second kappa shape index (κ2) is 7.20. The van der Waals surface area contributed by atoms with Crippen LogP contribution in [0.4, 0.5) is 0 Å². The van der Waals surface area contributed by atoms with E-state index < -0.39 is 9.84 Å². The molecule has 2 bridgehead atoms. The molecule has 2 aromatic rings. The maximum Gasteiger partial charge on any atom is 0.232 e. The first-order valence-corrected chi connectivity index (χ1v) is 11.0. The lowest BCUT2D eigenvalue weighted by Gasteiger charge is -2.46. The highest BCUT2D eigenvalue weighted by atomic mass is 32.2. The zero-order chi connectivity index (χ0) is 19.0. The first-order chi connectivity index (χ1) is 12.9. The number of likely N-dealkylation sites (tertiary alicyclic amines) is 1. The van der Waals surface area contributed by atoms with Crippen LogP contribution in [0.2, 0.25) is 0 Å². The number of fused-ring (bicyclic) bond motifs is 2. The van der Waals surface area contributed by atoms with E-state index in [-0.39, 0.29) is 12.0 Å². The second-order valence-electron chi connectivity index (χ2n) is 7.62. The average molecular weight is 391 g/mol. The first-order valence-electron chi connectivity index (χ1n) is 9.33. The maximum atomic E-state index is 12.9. The average Bonchev–Trinajstić information content (AvgIpc) is 2.95. The van der Waals surface area contributed by atoms with Crippen molar-refractivity contribution < 1.29 is 13.2 Å². The number of H-pyrrole nitrogens is 1. The van der Waals surface area contributed by atoms with Gasteiger partial charge in [0.05, 0.1) is 17.6 Å². The number of aromatic amines is 1. The van der Waals surface area contributed by atoms with Gasteiger partial charge in [0, 0.05) is 37.3 Å². The van der Waals surface area contributed by atoms with Crippen molar-refractivity contribution in [3.05, 3.63) is 30.0 Å². The third-order valence-corrected chi connectivity index (χ3v) is 7.51. The van der Waals surface area contributed by atoms with Crippen LogP contribution in [0.1, 0.15) is 30.7 Å². The second-order valence-corrected chi connectivity index (χ2v) is 9.52. The molecule has 1 aliphatic heterocycles. The molecule has 2 aromatic heterocycles. The van der Waals surface area contributed by atoms with E-state index in [1.807, 2.05) is 0 Å². The summed E-state index contributed by atoms with van der Waals surface area (Å²) in [6.07, 6.45) is 8.21. The van der Waals surface area contributed by atoms with E-state index in [1.54, 1.807) is 32.4 Å². The molecule has 3 heterocycles. The topological polar surface area (TPSA) is 101 Å². The molecule has 1 saturated heterocycles. The molecular weight excluding hydrogens is 366 g/mol. The van der Waals surface area contributed by atoms with Crippen LogP contribution in [0.25, 0.3) is 0 Å². The molecule has 0 amide bonds. The van der Waals surface area contributed by atoms with Crippen LogP contribution in [0.3, 0.4) is 0 Å². The molecule has 4 rings (SSSR count). The Kier molecular flexibility index (Phi) is 4.90. The summed E-state index contributed by atoms with van der Waals surface area (Å²) < 4.78 is 32.0. The molecule has 9 heteroatoms. The van der Waals surface area contributed by atoms with Gasteiger partial charge in [-0.1, -0.05) is 6.42 Å². The van der Waals surface area contributed by atoms with Crippen LogP contribution in [0.15, 0.2) is 23.5 Å². The summed E-state index contributed by atoms with van der Waals surface area (Å²) in [5.41, 5.74) is 1.14. The van der Waals surface area contributed by atoms with E-state index >= 15 is 0 Å². The number of aromatic nitrogens is 4. The molecule has 8 nitrogen and oxygen atoms in total. The summed E-state index contributed by atoms with van der Waals surface area (Å²) in [7, 11) is -3.42. The van der Waals surface area contributed by atoms with E-state index in [0.717, 1.165) is 32.4 Å². The van der Waals surface area contributed by atoms with Crippen molar-refractivity contribution in [2.24, 2.45) is 11.8 Å². The van der Waals surface area contributed by atoms with E-state index in [9.17, 15) is 8.42 Å². The Bertz CT molecular complexity index is 865. The lowest BCUT2D eigenvalue weighted by molar-refractivity contribution is -0.0308. The van der Waals surface area contributed by atoms with Gasteiger partial charge in [0.2, 0.25) is 5.88 Å². The molecule has 2 aliphatic rings. The molecule has 2 fully saturated rings. The SMILES string of the molecule is Cc1n[nH]c(C)c1S(=O)(=O)CN1C[C@H]2CCC[C@@H](C1)[C@@H]2Oc1cnccn1. The minimum Gasteiger partial charge on any atom is -0.473 e. The van der Waals surface area contributed by atoms with Crippen molar-refractivity contribution in [2.75, 3.05) is 19.0 Å². The van der Waals surface area contributed by atoms with Gasteiger partial charge in [-0.25, -0.2) is 13.4 Å². The first kappa shape index (κ1) is 18.4. The summed E-state index contributed by atoms with van der Waals surface area (Å²) in [5, 5.41) is 6.81. The Labute approximate surface area is 159 Å². The smallest absolute Gasteiger partial charge is 0.232 e. The molecule has 146 valence electrons. The number of piperidine rings is 1. The molecule has 0 radical (unpaired) electrons. The molecule has 27 heavy (non-hydrogen) atoms. The zero-order valence-electron chi connectivity index (χ0n) is 15.6. The summed E-state index contributed by atoms with van der Waals surface area (Å²) in [4.78, 5) is 10.7. The van der Waals surface area contributed by atoms with Crippen LogP contribution in [0, 0.1) is 25.7 Å². The Hall–Kier alpha value is -2.00. The predicted molar refractivity (Wildman–Crippen MR) is 99.0 cm³/mol. The van der Waals surface area contributed by atoms with Crippen molar-refractivity contribution in [3.63, 3.8) is 0 Å². The van der Waals surface area contributed by atoms with E-state index in [4.69, 9.17) is 4.74 Å². The van der Waals surface area contributed by atoms with Gasteiger partial charge in [0.15, 0.2) is 9.84 Å². The monoisotopic (exact) mass is 391 g/mol. The molecular formula is C18H25N5O3S. The summed E-state index contributed by atoms with van der Waals surface area (Å²) in [5.74, 6) is 1.19. The maximum absolute atomic E-state index is 12.9. The molecule has 1 aliphatic carbocycles. The van der Waals surface area contributed by atoms with Gasteiger partial charge in [-0.15, -0.1) is 0 Å². The molecule has 3 atom stereocenters. The van der Waals surface area contributed by atoms with Gasteiger partial charge < -0.3 is 4.74 Å². The third-order valence-electron chi connectivity index (χ3n) is 5.58. The van der Waals surface area contributed by atoms with Gasteiger partial charge in [0.1, 0.15) is 16.9 Å². The molecule has 1 saturated carbocycles. The van der Waals surface area contributed by atoms with Crippen LogP contribution < -0.4 is 4.74 Å². The van der Waals surface area contributed by atoms with Gasteiger partial charge in [0.25, 0.3) is 0 Å². The summed E-state index contributed by atoms with van der Waals surface area (Å²) in [6, 6.07) is 0. The number of nitrogens with zero attached hydrogens (tertiary/aromatic N) is 4. The van der Waals surface area contributed by atoms with Crippen LogP contribution in [-0.4, -0.2) is 58.6 Å². The summed E-state index contributed by atoms with van der Waals surface area (Å²) in [6.45, 7) is 4.92. The number of aryl methyl sites for hydroxylation is 2. The predicted octanol–water partition coefficient (Wildman–Crippen LogP) is 1.73. The molecule has 0 aromatic carbocycles. The van der Waals surface area contributed by atoms with E-state index in [2.05, 4.69) is 25.1 Å². The van der Waals surface area contributed by atoms with Crippen molar-refractivity contribution >= 4 is 9.84 Å². The van der Waals surface area contributed by atoms with Gasteiger partial charge in [-0.3, -0.25) is 15.0 Å². The Balaban J connectivity index is 1.49. The van der Waals surface area contributed by atoms with Crippen molar-refractivity contribution in [1.82, 2.24) is 25.1 Å². The lowest BCUT2D eigenvalue weighted by Crippen LogP contribution is -2.54. The molecule has 0 unspecified atom stereocenters. The van der Waals surface area contributed by atoms with Crippen molar-refractivity contribution in [3.8, 4) is 5.88 Å². The highest BCUT2D eigenvalue weighted by Gasteiger charge is 2.42. The van der Waals surface area contributed by atoms with E-state index in [0.29, 0.717) is 34.0 Å². The van der Waals surface area contributed by atoms with Gasteiger partial charge in [-0.2, -0.15) is 5.10 Å². The number of ether oxygens (including phenoxy) is 1. The van der Waals surface area contributed by atoms with E-state index in [1.165, 1.54) is 0 Å². The van der Waals surface area contributed by atoms with Crippen LogP contribution in [-0.2, 0) is 9.84 Å². The molecule has 0 spiro atoms. The zero-order valence-corrected chi connectivity index (χ0v) is 16.4. The fraction of sp³-hybridized carbons (Fsp3) is 0.611. The van der Waals surface area contributed by atoms with Crippen LogP contribution >= 0.6 is 0 Å². The van der Waals surface area contributed by atoms with Crippen molar-refractivity contribution in [1.29, 1.82) is 0 Å². The Morgan fingerprint density at radius 2 is 1.96 bits per heavy atom. The number of sulfone groups is 1. The lowest BCUT2D eigenvalue weighted by atomic mass is 9.75. The van der Waals surface area contributed by atoms with Crippen molar-refractivity contribution in [2.45, 2.75) is 44.1 Å². The number of rotatable bonds is 5. The van der Waals surface area contributed by atoms with Gasteiger partial charge in [-0.05, 0) is 26.7 Å². The largest absolute Gasteiger partial charge is 0.473 e. The minimum absolute atomic E-state index is 0.0269. The number of hydrogen-bond donors (Lipinski definition) is 1. The van der Waals surface area contributed by atoms with Gasteiger partial charge >= 0.3 is 0 Å². The highest BCUT2D eigenvalue weighted by Crippen LogP contribution is 2.37.